The van der Waals surface area contributed by atoms with Gasteiger partial charge in [0.05, 0.1) is 12.8 Å². The predicted octanol–water partition coefficient (Wildman–Crippen LogP) is 0.733. The van der Waals surface area contributed by atoms with E-state index < -0.39 is 0 Å². The van der Waals surface area contributed by atoms with Gasteiger partial charge in [-0.15, -0.1) is 0 Å². The molecule has 1 aliphatic rings. The Kier molecular flexibility index (Phi) is 3.24. The van der Waals surface area contributed by atoms with Crippen molar-refractivity contribution >= 4 is 5.95 Å². The fourth-order valence-corrected chi connectivity index (χ4v) is 1.90. The fraction of sp³-hybridized carbons (Fsp3) is 0.636. The molecule has 1 atom stereocenters. The van der Waals surface area contributed by atoms with Crippen molar-refractivity contribution in [3.8, 4) is 5.88 Å². The summed E-state index contributed by atoms with van der Waals surface area (Å²) >= 11 is 0. The van der Waals surface area contributed by atoms with Crippen molar-refractivity contribution in [1.82, 2.24) is 9.97 Å². The number of hydrogen-bond donors (Lipinski definition) is 2. The summed E-state index contributed by atoms with van der Waals surface area (Å²) in [6, 6.07) is 0.0860. The van der Waals surface area contributed by atoms with Gasteiger partial charge in [-0.25, -0.2) is 4.98 Å². The zero-order valence-corrected chi connectivity index (χ0v) is 9.79. The Morgan fingerprint density at radius 3 is 2.94 bits per heavy atom. The summed E-state index contributed by atoms with van der Waals surface area (Å²) in [6.07, 6.45) is 3.17. The minimum atomic E-state index is 0.0860. The summed E-state index contributed by atoms with van der Waals surface area (Å²) < 4.78 is 5.28. The minimum Gasteiger partial charge on any atom is -0.481 e. The van der Waals surface area contributed by atoms with Crippen LogP contribution in [-0.4, -0.2) is 29.7 Å². The number of methoxy groups -OCH3 is 1. The molecule has 1 unspecified atom stereocenters. The number of nitrogens with two attached hydrogens (primary N) is 1. The topological polar surface area (TPSA) is 73.1 Å². The quantitative estimate of drug-likeness (QED) is 0.785. The molecule has 1 heterocycles. The summed E-state index contributed by atoms with van der Waals surface area (Å²) in [5, 5.41) is 3.12. The van der Waals surface area contributed by atoms with Crippen LogP contribution in [0.25, 0.3) is 0 Å². The number of nitrogens with one attached hydrogen (secondary N) is 1. The van der Waals surface area contributed by atoms with E-state index in [1.165, 1.54) is 0 Å². The fourth-order valence-electron chi connectivity index (χ4n) is 1.90. The Balaban J connectivity index is 2.20. The first kappa shape index (κ1) is 11.1. The van der Waals surface area contributed by atoms with Gasteiger partial charge in [0.25, 0.3) is 0 Å². The van der Waals surface area contributed by atoms with Crippen molar-refractivity contribution in [2.45, 2.75) is 32.2 Å². The molecule has 5 heteroatoms. The first-order valence-electron chi connectivity index (χ1n) is 5.64. The van der Waals surface area contributed by atoms with E-state index in [2.05, 4.69) is 15.3 Å². The van der Waals surface area contributed by atoms with Crippen LogP contribution in [0.3, 0.4) is 0 Å². The molecule has 2 rings (SSSR count). The summed E-state index contributed by atoms with van der Waals surface area (Å²) in [6.45, 7) is 2.61. The maximum atomic E-state index is 5.67. The maximum Gasteiger partial charge on any atom is 0.226 e. The van der Waals surface area contributed by atoms with Crippen LogP contribution in [-0.2, 0) is 12.8 Å². The van der Waals surface area contributed by atoms with Crippen molar-refractivity contribution in [2.75, 3.05) is 19.0 Å². The molecule has 1 aromatic rings. The van der Waals surface area contributed by atoms with Crippen molar-refractivity contribution in [3.05, 3.63) is 11.3 Å². The second-order valence-electron chi connectivity index (χ2n) is 4.19. The molecule has 88 valence electrons. The van der Waals surface area contributed by atoms with Crippen LogP contribution in [0.5, 0.6) is 5.88 Å². The zero-order chi connectivity index (χ0) is 11.5. The Bertz CT molecular complexity index is 378. The van der Waals surface area contributed by atoms with Gasteiger partial charge in [0, 0.05) is 18.2 Å². The van der Waals surface area contributed by atoms with Crippen LogP contribution in [0.1, 0.15) is 24.6 Å². The number of aryl methyl sites for hydroxylation is 1. The third kappa shape index (κ3) is 2.24. The third-order valence-corrected chi connectivity index (χ3v) is 2.67. The van der Waals surface area contributed by atoms with E-state index in [0.717, 1.165) is 30.5 Å². The van der Waals surface area contributed by atoms with E-state index in [0.29, 0.717) is 18.4 Å². The molecule has 1 aliphatic carbocycles. The lowest BCUT2D eigenvalue weighted by Gasteiger charge is -2.11. The number of aromatic nitrogens is 2. The van der Waals surface area contributed by atoms with Crippen molar-refractivity contribution in [2.24, 2.45) is 5.73 Å². The second-order valence-corrected chi connectivity index (χ2v) is 4.19. The van der Waals surface area contributed by atoms with Gasteiger partial charge in [0.15, 0.2) is 0 Å². The van der Waals surface area contributed by atoms with Crippen molar-refractivity contribution in [3.63, 3.8) is 0 Å². The molecular weight excluding hydrogens is 204 g/mol. The molecule has 0 saturated heterocycles. The number of hydrogen-bond acceptors (Lipinski definition) is 5. The molecule has 5 nitrogen and oxygen atoms in total. The predicted molar refractivity (Wildman–Crippen MR) is 62.7 cm³/mol. The van der Waals surface area contributed by atoms with Gasteiger partial charge in [0.2, 0.25) is 11.8 Å². The zero-order valence-electron chi connectivity index (χ0n) is 9.79. The lowest BCUT2D eigenvalue weighted by Crippen LogP contribution is -2.26. The molecule has 0 saturated carbocycles. The normalized spacial score (nSPS) is 15.7. The number of rotatable bonds is 4. The standard InChI is InChI=1S/C11H18N4O/c1-7(12)6-13-11-14-9-5-3-4-8(9)10(15-11)16-2/h7H,3-6,12H2,1-2H3,(H,13,14,15). The number of anilines is 1. The first-order chi connectivity index (χ1) is 7.70. The number of nitrogens with zero attached hydrogens (tertiary/aromatic N) is 2. The van der Waals surface area contributed by atoms with Crippen molar-refractivity contribution < 1.29 is 4.74 Å². The Morgan fingerprint density at radius 1 is 1.44 bits per heavy atom. The highest BCUT2D eigenvalue weighted by molar-refractivity contribution is 5.40. The smallest absolute Gasteiger partial charge is 0.226 e. The first-order valence-corrected chi connectivity index (χ1v) is 5.64. The van der Waals surface area contributed by atoms with Crippen LogP contribution >= 0.6 is 0 Å². The number of fused-ring (bicyclic) bond motifs is 1. The maximum absolute atomic E-state index is 5.67. The van der Waals surface area contributed by atoms with E-state index in [9.17, 15) is 0 Å². The minimum absolute atomic E-state index is 0.0860. The lowest BCUT2D eigenvalue weighted by molar-refractivity contribution is 0.392. The highest BCUT2D eigenvalue weighted by Gasteiger charge is 2.19. The van der Waals surface area contributed by atoms with E-state index in [1.807, 2.05) is 6.92 Å². The molecular formula is C11H18N4O. The highest BCUT2D eigenvalue weighted by atomic mass is 16.5. The Hall–Kier alpha value is -1.36. The van der Waals surface area contributed by atoms with Gasteiger partial charge in [0.1, 0.15) is 0 Å². The third-order valence-electron chi connectivity index (χ3n) is 2.67. The molecule has 3 N–H and O–H groups in total. The number of ether oxygens (including phenoxy) is 1. The van der Waals surface area contributed by atoms with Gasteiger partial charge < -0.3 is 15.8 Å². The van der Waals surface area contributed by atoms with Crippen LogP contribution in [0.15, 0.2) is 0 Å². The molecule has 16 heavy (non-hydrogen) atoms. The molecule has 1 aromatic heterocycles. The van der Waals surface area contributed by atoms with Crippen molar-refractivity contribution in [1.29, 1.82) is 0 Å². The van der Waals surface area contributed by atoms with Crippen LogP contribution in [0.2, 0.25) is 0 Å². The van der Waals surface area contributed by atoms with Gasteiger partial charge in [-0.1, -0.05) is 0 Å². The Labute approximate surface area is 95.4 Å². The molecule has 0 aromatic carbocycles. The molecule has 0 fully saturated rings. The van der Waals surface area contributed by atoms with E-state index in [1.54, 1.807) is 7.11 Å². The van der Waals surface area contributed by atoms with Crippen LogP contribution in [0.4, 0.5) is 5.95 Å². The summed E-state index contributed by atoms with van der Waals surface area (Å²) in [7, 11) is 1.65. The second kappa shape index (κ2) is 4.65. The lowest BCUT2D eigenvalue weighted by atomic mass is 10.2. The van der Waals surface area contributed by atoms with Crippen LogP contribution in [0, 0.1) is 0 Å². The molecule has 0 amide bonds. The Morgan fingerprint density at radius 2 is 2.25 bits per heavy atom. The highest BCUT2D eigenvalue weighted by Crippen LogP contribution is 2.28. The average molecular weight is 222 g/mol. The summed E-state index contributed by atoms with van der Waals surface area (Å²) in [5.74, 6) is 1.32. The van der Waals surface area contributed by atoms with Gasteiger partial charge in [-0.05, 0) is 26.2 Å². The SMILES string of the molecule is COc1nc(NCC(C)N)nc2c1CCC2. The van der Waals surface area contributed by atoms with E-state index in [-0.39, 0.29) is 6.04 Å². The molecule has 0 spiro atoms. The molecule has 0 bridgehead atoms. The van der Waals surface area contributed by atoms with Crippen LogP contribution < -0.4 is 15.8 Å². The summed E-state index contributed by atoms with van der Waals surface area (Å²) in [4.78, 5) is 8.81. The van der Waals surface area contributed by atoms with E-state index in [4.69, 9.17) is 10.5 Å². The largest absolute Gasteiger partial charge is 0.481 e. The van der Waals surface area contributed by atoms with Gasteiger partial charge >= 0.3 is 0 Å². The van der Waals surface area contributed by atoms with E-state index >= 15 is 0 Å². The monoisotopic (exact) mass is 222 g/mol. The molecule has 0 aliphatic heterocycles. The molecule has 0 radical (unpaired) electrons. The average Bonchev–Trinajstić information content (AvgIpc) is 2.73. The van der Waals surface area contributed by atoms with Gasteiger partial charge in [-0.3, -0.25) is 0 Å². The summed E-state index contributed by atoms with van der Waals surface area (Å²) in [5.41, 5.74) is 7.95. The van der Waals surface area contributed by atoms with Gasteiger partial charge in [-0.2, -0.15) is 4.98 Å².